The van der Waals surface area contributed by atoms with E-state index in [9.17, 15) is 0 Å². The lowest BCUT2D eigenvalue weighted by Crippen LogP contribution is -2.26. The van der Waals surface area contributed by atoms with Gasteiger partial charge in [-0.25, -0.2) is 0 Å². The summed E-state index contributed by atoms with van der Waals surface area (Å²) in [6, 6.07) is 2.21. The second-order valence-electron chi connectivity index (χ2n) is 4.63. The summed E-state index contributed by atoms with van der Waals surface area (Å²) < 4.78 is 1.55. The molecule has 0 saturated carbocycles. The van der Waals surface area contributed by atoms with Gasteiger partial charge in [0.25, 0.3) is 0 Å². The summed E-state index contributed by atoms with van der Waals surface area (Å²) in [7, 11) is 0. The minimum absolute atomic E-state index is 0.262. The first-order valence-corrected chi connectivity index (χ1v) is 7.17. The summed E-state index contributed by atoms with van der Waals surface area (Å²) in [5.74, 6) is 1.36. The summed E-state index contributed by atoms with van der Waals surface area (Å²) in [6.45, 7) is 9.86. The Hall–Kier alpha value is 0.240. The molecule has 0 bridgehead atoms. The molecule has 0 radical (unpaired) electrons. The SMILES string of the molecule is CC(NCC(C)C(C)C)c1cc(Cl)sc1Cl. The minimum Gasteiger partial charge on any atom is -0.310 e. The summed E-state index contributed by atoms with van der Waals surface area (Å²) in [4.78, 5) is 0. The van der Waals surface area contributed by atoms with Gasteiger partial charge in [-0.1, -0.05) is 44.0 Å². The van der Waals surface area contributed by atoms with E-state index in [1.165, 1.54) is 11.3 Å². The van der Waals surface area contributed by atoms with Gasteiger partial charge in [0.15, 0.2) is 0 Å². The van der Waals surface area contributed by atoms with E-state index in [1.54, 1.807) is 0 Å². The van der Waals surface area contributed by atoms with Crippen molar-refractivity contribution in [1.82, 2.24) is 5.32 Å². The van der Waals surface area contributed by atoms with Gasteiger partial charge < -0.3 is 5.32 Å². The molecule has 0 fully saturated rings. The van der Waals surface area contributed by atoms with E-state index >= 15 is 0 Å². The van der Waals surface area contributed by atoms with Crippen LogP contribution in [0.25, 0.3) is 0 Å². The first-order chi connectivity index (χ1) is 7.41. The van der Waals surface area contributed by atoms with Gasteiger partial charge in [-0.15, -0.1) is 11.3 Å². The lowest BCUT2D eigenvalue weighted by atomic mass is 9.98. The summed E-state index contributed by atoms with van der Waals surface area (Å²) in [6.07, 6.45) is 0. The summed E-state index contributed by atoms with van der Waals surface area (Å²) in [5.41, 5.74) is 1.10. The number of rotatable bonds is 5. The largest absolute Gasteiger partial charge is 0.310 e. The Bertz CT molecular complexity index is 336. The third kappa shape index (κ3) is 3.92. The van der Waals surface area contributed by atoms with Gasteiger partial charge in [-0.05, 0) is 36.9 Å². The second kappa shape index (κ2) is 6.25. The number of nitrogens with one attached hydrogen (secondary N) is 1. The molecule has 2 unspecified atom stereocenters. The van der Waals surface area contributed by atoms with Gasteiger partial charge in [-0.3, -0.25) is 0 Å². The fourth-order valence-corrected chi connectivity index (χ4v) is 3.00. The molecule has 1 rings (SSSR count). The molecule has 0 aromatic carbocycles. The topological polar surface area (TPSA) is 12.0 Å². The van der Waals surface area contributed by atoms with Gasteiger partial charge in [0.05, 0.1) is 8.67 Å². The van der Waals surface area contributed by atoms with Crippen LogP contribution in [0, 0.1) is 11.8 Å². The molecule has 0 spiro atoms. The molecule has 0 amide bonds. The highest BCUT2D eigenvalue weighted by Gasteiger charge is 2.14. The molecule has 0 aliphatic heterocycles. The van der Waals surface area contributed by atoms with Crippen molar-refractivity contribution in [3.05, 3.63) is 20.3 Å². The van der Waals surface area contributed by atoms with Gasteiger partial charge in [0.1, 0.15) is 0 Å². The fraction of sp³-hybridized carbons (Fsp3) is 0.667. The van der Waals surface area contributed by atoms with E-state index in [4.69, 9.17) is 23.2 Å². The van der Waals surface area contributed by atoms with Crippen molar-refractivity contribution in [2.75, 3.05) is 6.54 Å². The smallest absolute Gasteiger partial charge is 0.0991 e. The van der Waals surface area contributed by atoms with Gasteiger partial charge in [0.2, 0.25) is 0 Å². The molecule has 1 aromatic rings. The molecule has 2 atom stereocenters. The zero-order chi connectivity index (χ0) is 12.3. The highest BCUT2D eigenvalue weighted by Crippen LogP contribution is 2.34. The maximum absolute atomic E-state index is 6.11. The molecular weight excluding hydrogens is 261 g/mol. The predicted molar refractivity (Wildman–Crippen MR) is 74.8 cm³/mol. The van der Waals surface area contributed by atoms with Crippen molar-refractivity contribution in [2.24, 2.45) is 11.8 Å². The molecule has 1 nitrogen and oxygen atoms in total. The van der Waals surface area contributed by atoms with E-state index in [0.29, 0.717) is 11.8 Å². The number of halogens is 2. The van der Waals surface area contributed by atoms with Crippen molar-refractivity contribution in [3.8, 4) is 0 Å². The maximum atomic E-state index is 6.11. The highest BCUT2D eigenvalue weighted by molar-refractivity contribution is 7.20. The van der Waals surface area contributed by atoms with Crippen LogP contribution >= 0.6 is 34.5 Å². The monoisotopic (exact) mass is 279 g/mol. The Morgan fingerprint density at radius 1 is 1.25 bits per heavy atom. The van der Waals surface area contributed by atoms with E-state index in [-0.39, 0.29) is 6.04 Å². The number of hydrogen-bond donors (Lipinski definition) is 1. The molecule has 16 heavy (non-hydrogen) atoms. The average Bonchev–Trinajstić information content (AvgIpc) is 2.53. The highest BCUT2D eigenvalue weighted by atomic mass is 35.5. The molecule has 4 heteroatoms. The van der Waals surface area contributed by atoms with E-state index in [1.807, 2.05) is 6.07 Å². The maximum Gasteiger partial charge on any atom is 0.0991 e. The van der Waals surface area contributed by atoms with E-state index in [0.717, 1.165) is 20.8 Å². The number of thiophene rings is 1. The van der Waals surface area contributed by atoms with Crippen molar-refractivity contribution in [3.63, 3.8) is 0 Å². The molecule has 1 aromatic heterocycles. The average molecular weight is 280 g/mol. The van der Waals surface area contributed by atoms with Crippen LogP contribution in [0.1, 0.15) is 39.3 Å². The molecule has 0 aliphatic rings. The second-order valence-corrected chi connectivity index (χ2v) is 6.92. The third-order valence-electron chi connectivity index (χ3n) is 3.03. The zero-order valence-electron chi connectivity index (χ0n) is 10.2. The van der Waals surface area contributed by atoms with Crippen LogP contribution in [-0.2, 0) is 0 Å². The quantitative estimate of drug-likeness (QED) is 0.800. The summed E-state index contributed by atoms with van der Waals surface area (Å²) in [5, 5.41) is 3.50. The zero-order valence-corrected chi connectivity index (χ0v) is 12.5. The van der Waals surface area contributed by atoms with Crippen molar-refractivity contribution in [2.45, 2.75) is 33.7 Å². The van der Waals surface area contributed by atoms with Crippen LogP contribution < -0.4 is 5.32 Å². The first-order valence-electron chi connectivity index (χ1n) is 5.60. The Morgan fingerprint density at radius 3 is 2.31 bits per heavy atom. The lowest BCUT2D eigenvalue weighted by molar-refractivity contribution is 0.376. The van der Waals surface area contributed by atoms with Crippen molar-refractivity contribution < 1.29 is 0 Å². The standard InChI is InChI=1S/C12H19Cl2NS/c1-7(2)8(3)6-15-9(4)10-5-11(13)16-12(10)14/h5,7-9,15H,6H2,1-4H3. The Labute approximate surface area is 112 Å². The summed E-state index contributed by atoms with van der Waals surface area (Å²) >= 11 is 13.5. The number of hydrogen-bond acceptors (Lipinski definition) is 2. The fourth-order valence-electron chi connectivity index (χ4n) is 1.36. The Kier molecular flexibility index (Phi) is 5.58. The third-order valence-corrected chi connectivity index (χ3v) is 4.55. The van der Waals surface area contributed by atoms with Gasteiger partial charge in [0, 0.05) is 6.04 Å². The molecule has 1 N–H and O–H groups in total. The van der Waals surface area contributed by atoms with Crippen LogP contribution in [-0.4, -0.2) is 6.54 Å². The molecule has 0 saturated heterocycles. The van der Waals surface area contributed by atoms with E-state index < -0.39 is 0 Å². The molecule has 92 valence electrons. The van der Waals surface area contributed by atoms with Crippen LogP contribution in [0.4, 0.5) is 0 Å². The molecular formula is C12H19Cl2NS. The van der Waals surface area contributed by atoms with Gasteiger partial charge in [-0.2, -0.15) is 0 Å². The van der Waals surface area contributed by atoms with Crippen molar-refractivity contribution in [1.29, 1.82) is 0 Å². The molecule has 1 heterocycles. The normalized spacial score (nSPS) is 15.4. The van der Waals surface area contributed by atoms with Crippen LogP contribution in [0.5, 0.6) is 0 Å². The first kappa shape index (κ1) is 14.3. The van der Waals surface area contributed by atoms with Crippen molar-refractivity contribution >= 4 is 34.5 Å². The Balaban J connectivity index is 2.53. The van der Waals surface area contributed by atoms with E-state index in [2.05, 4.69) is 33.0 Å². The van der Waals surface area contributed by atoms with Crippen LogP contribution in [0.2, 0.25) is 8.67 Å². The van der Waals surface area contributed by atoms with Gasteiger partial charge >= 0.3 is 0 Å². The lowest BCUT2D eigenvalue weighted by Gasteiger charge is -2.20. The minimum atomic E-state index is 0.262. The Morgan fingerprint density at radius 2 is 1.88 bits per heavy atom. The van der Waals surface area contributed by atoms with Crippen LogP contribution in [0.15, 0.2) is 6.07 Å². The van der Waals surface area contributed by atoms with Crippen LogP contribution in [0.3, 0.4) is 0 Å². The predicted octanol–water partition coefficient (Wildman–Crippen LogP) is 5.00. The molecule has 0 aliphatic carbocycles.